The monoisotopic (exact) mass is 404 g/mol. The quantitative estimate of drug-likeness (QED) is 0.250. The topological polar surface area (TPSA) is 0 Å². The Morgan fingerprint density at radius 1 is 0.783 bits per heavy atom. The molecule has 0 N–H and O–H groups in total. The van der Waals surface area contributed by atoms with Gasteiger partial charge in [-0.1, -0.05) is 22.0 Å². The maximum absolute atomic E-state index is 13.7. The first-order valence-electron chi connectivity index (χ1n) is 5.87. The van der Waals surface area contributed by atoms with Crippen molar-refractivity contribution in [3.63, 3.8) is 0 Å². The molecule has 0 aromatic heterocycles. The standard InChI is InChI=1S/C14H5BrF8/c15-4-6-3-5(1-2-7(6)14(21,22)23)8-9(16)11(18)13(20)12(19)10(8)17/h1-3H,4H2. The molecule has 0 saturated heterocycles. The second kappa shape index (κ2) is 6.10. The lowest BCUT2D eigenvalue weighted by atomic mass is 9.98. The zero-order valence-electron chi connectivity index (χ0n) is 10.8. The fourth-order valence-corrected chi connectivity index (χ4v) is 2.46. The molecule has 2 aromatic carbocycles. The van der Waals surface area contributed by atoms with Gasteiger partial charge in [0.2, 0.25) is 5.82 Å². The van der Waals surface area contributed by atoms with Crippen LogP contribution in [0.5, 0.6) is 0 Å². The number of rotatable bonds is 2. The minimum absolute atomic E-state index is 0.328. The van der Waals surface area contributed by atoms with Crippen molar-refractivity contribution in [3.8, 4) is 11.1 Å². The van der Waals surface area contributed by atoms with Crippen LogP contribution >= 0.6 is 15.9 Å². The highest BCUT2D eigenvalue weighted by Gasteiger charge is 2.34. The lowest BCUT2D eigenvalue weighted by Gasteiger charge is -2.14. The molecule has 0 atom stereocenters. The first-order chi connectivity index (χ1) is 10.6. The first kappa shape index (κ1) is 17.7. The van der Waals surface area contributed by atoms with Crippen LogP contribution < -0.4 is 0 Å². The second-order valence-corrected chi connectivity index (χ2v) is 5.01. The van der Waals surface area contributed by atoms with E-state index in [0.29, 0.717) is 12.1 Å². The molecular weight excluding hydrogens is 400 g/mol. The lowest BCUT2D eigenvalue weighted by molar-refractivity contribution is -0.138. The summed E-state index contributed by atoms with van der Waals surface area (Å²) in [6.07, 6.45) is -4.72. The number of hydrogen-bond acceptors (Lipinski definition) is 0. The van der Waals surface area contributed by atoms with Crippen LogP contribution in [0.2, 0.25) is 0 Å². The number of hydrogen-bond donors (Lipinski definition) is 0. The highest BCUT2D eigenvalue weighted by atomic mass is 79.9. The van der Waals surface area contributed by atoms with Gasteiger partial charge >= 0.3 is 6.18 Å². The number of alkyl halides is 4. The number of benzene rings is 2. The second-order valence-electron chi connectivity index (χ2n) is 4.45. The molecule has 0 unspecified atom stereocenters. The Morgan fingerprint density at radius 2 is 1.26 bits per heavy atom. The van der Waals surface area contributed by atoms with Crippen molar-refractivity contribution in [2.45, 2.75) is 11.5 Å². The zero-order valence-corrected chi connectivity index (χ0v) is 12.4. The van der Waals surface area contributed by atoms with Crippen LogP contribution in [0, 0.1) is 29.1 Å². The van der Waals surface area contributed by atoms with Crippen molar-refractivity contribution >= 4 is 15.9 Å². The van der Waals surface area contributed by atoms with Gasteiger partial charge in [-0.15, -0.1) is 0 Å². The largest absolute Gasteiger partial charge is 0.416 e. The average molecular weight is 405 g/mol. The summed E-state index contributed by atoms with van der Waals surface area (Å²) in [6, 6.07) is 1.88. The van der Waals surface area contributed by atoms with Gasteiger partial charge in [-0.3, -0.25) is 0 Å². The van der Waals surface area contributed by atoms with Gasteiger partial charge in [0.1, 0.15) is 0 Å². The number of halogens is 9. The highest BCUT2D eigenvalue weighted by molar-refractivity contribution is 9.08. The molecule has 0 heterocycles. The smallest absolute Gasteiger partial charge is 0.203 e. The fourth-order valence-electron chi connectivity index (χ4n) is 1.99. The van der Waals surface area contributed by atoms with Crippen LogP contribution in [0.3, 0.4) is 0 Å². The van der Waals surface area contributed by atoms with Crippen LogP contribution in [-0.4, -0.2) is 0 Å². The minimum Gasteiger partial charge on any atom is -0.203 e. The Bertz CT molecular complexity index is 737. The van der Waals surface area contributed by atoms with Crippen molar-refractivity contribution in [1.82, 2.24) is 0 Å². The molecule has 0 aliphatic heterocycles. The summed E-state index contributed by atoms with van der Waals surface area (Å²) in [5, 5.41) is -0.328. The van der Waals surface area contributed by atoms with Crippen LogP contribution in [0.25, 0.3) is 11.1 Å². The summed E-state index contributed by atoms with van der Waals surface area (Å²) in [4.78, 5) is 0. The van der Waals surface area contributed by atoms with E-state index in [1.807, 2.05) is 0 Å². The molecule has 2 rings (SSSR count). The molecule has 0 amide bonds. The minimum atomic E-state index is -4.72. The summed E-state index contributed by atoms with van der Waals surface area (Å²) in [6.45, 7) is 0. The van der Waals surface area contributed by atoms with Crippen molar-refractivity contribution < 1.29 is 35.1 Å². The van der Waals surface area contributed by atoms with Gasteiger partial charge in [-0.25, -0.2) is 22.0 Å². The Morgan fingerprint density at radius 3 is 1.70 bits per heavy atom. The molecule has 9 heteroatoms. The van der Waals surface area contributed by atoms with Crippen molar-refractivity contribution in [2.24, 2.45) is 0 Å². The van der Waals surface area contributed by atoms with E-state index in [1.54, 1.807) is 0 Å². The molecule has 0 radical (unpaired) electrons. The van der Waals surface area contributed by atoms with Crippen LogP contribution in [0.1, 0.15) is 11.1 Å². The summed E-state index contributed by atoms with van der Waals surface area (Å²) in [7, 11) is 0. The maximum Gasteiger partial charge on any atom is 0.416 e. The molecule has 0 aliphatic carbocycles. The Hall–Kier alpha value is -1.64. The van der Waals surface area contributed by atoms with Crippen molar-refractivity contribution in [1.29, 1.82) is 0 Å². The van der Waals surface area contributed by atoms with E-state index >= 15 is 0 Å². The molecule has 0 nitrogen and oxygen atoms in total. The molecule has 23 heavy (non-hydrogen) atoms. The van der Waals surface area contributed by atoms with E-state index in [0.717, 1.165) is 6.07 Å². The normalized spacial score (nSPS) is 11.9. The Labute approximate surface area is 132 Å². The van der Waals surface area contributed by atoms with Gasteiger partial charge in [0.05, 0.1) is 11.1 Å². The third-order valence-corrected chi connectivity index (χ3v) is 3.66. The summed E-state index contributed by atoms with van der Waals surface area (Å²) in [5.41, 5.74) is -3.32. The van der Waals surface area contributed by atoms with Gasteiger partial charge in [0, 0.05) is 5.33 Å². The Kier molecular flexibility index (Phi) is 4.70. The summed E-state index contributed by atoms with van der Waals surface area (Å²) in [5.74, 6) is -10.9. The van der Waals surface area contributed by atoms with Crippen LogP contribution in [0.4, 0.5) is 35.1 Å². The fraction of sp³-hybridized carbons (Fsp3) is 0.143. The molecule has 0 saturated carbocycles. The summed E-state index contributed by atoms with van der Waals surface area (Å²) < 4.78 is 105. The predicted octanol–water partition coefficient (Wildman–Crippen LogP) is 5.96. The highest BCUT2D eigenvalue weighted by Crippen LogP contribution is 2.37. The van der Waals surface area contributed by atoms with Gasteiger partial charge < -0.3 is 0 Å². The van der Waals surface area contributed by atoms with E-state index in [2.05, 4.69) is 15.9 Å². The Balaban J connectivity index is 2.74. The predicted molar refractivity (Wildman–Crippen MR) is 69.3 cm³/mol. The van der Waals surface area contributed by atoms with E-state index < -0.39 is 57.5 Å². The van der Waals surface area contributed by atoms with E-state index in [1.165, 1.54) is 0 Å². The molecule has 2 aromatic rings. The van der Waals surface area contributed by atoms with Crippen LogP contribution in [0.15, 0.2) is 18.2 Å². The van der Waals surface area contributed by atoms with Gasteiger partial charge in [-0.2, -0.15) is 13.2 Å². The summed E-state index contributed by atoms with van der Waals surface area (Å²) >= 11 is 2.79. The molecule has 124 valence electrons. The molecule has 0 spiro atoms. The van der Waals surface area contributed by atoms with Crippen molar-refractivity contribution in [2.75, 3.05) is 0 Å². The lowest BCUT2D eigenvalue weighted by Crippen LogP contribution is -2.09. The molecule has 0 fully saturated rings. The third kappa shape index (κ3) is 3.06. The SMILES string of the molecule is Fc1c(F)c(F)c(-c2ccc(C(F)(F)F)c(CBr)c2)c(F)c1F. The first-order valence-corrected chi connectivity index (χ1v) is 6.99. The van der Waals surface area contributed by atoms with E-state index in [9.17, 15) is 35.1 Å². The van der Waals surface area contributed by atoms with Gasteiger partial charge in [-0.05, 0) is 23.3 Å². The molecule has 0 aliphatic rings. The molecule has 0 bridgehead atoms. The van der Waals surface area contributed by atoms with Gasteiger partial charge in [0.15, 0.2) is 23.3 Å². The average Bonchev–Trinajstić information content (AvgIpc) is 2.50. The van der Waals surface area contributed by atoms with Gasteiger partial charge in [0.25, 0.3) is 0 Å². The maximum atomic E-state index is 13.7. The van der Waals surface area contributed by atoms with Crippen molar-refractivity contribution in [3.05, 3.63) is 58.4 Å². The van der Waals surface area contributed by atoms with E-state index in [-0.39, 0.29) is 5.33 Å². The van der Waals surface area contributed by atoms with Crippen LogP contribution in [-0.2, 0) is 11.5 Å². The molecular formula is C14H5BrF8. The third-order valence-electron chi connectivity index (χ3n) is 3.05. The zero-order chi connectivity index (χ0) is 17.5. The van der Waals surface area contributed by atoms with E-state index in [4.69, 9.17) is 0 Å².